The number of anilines is 1. The Hall–Kier alpha value is -1.46. The van der Waals surface area contributed by atoms with E-state index in [1.54, 1.807) is 0 Å². The predicted molar refractivity (Wildman–Crippen MR) is 71.4 cm³/mol. The summed E-state index contributed by atoms with van der Waals surface area (Å²) in [6.07, 6.45) is 0.929. The molecule has 0 unspecified atom stereocenters. The maximum atomic E-state index is 11.2. The van der Waals surface area contributed by atoms with Gasteiger partial charge in [-0.15, -0.1) is 0 Å². The van der Waals surface area contributed by atoms with Crippen LogP contribution in [-0.2, 0) is 9.53 Å². The molecule has 1 aromatic rings. The SMILES string of the molecule is O=CC1=C(N2CCOCC2)Nc2ccccc2S1. The van der Waals surface area contributed by atoms with Crippen LogP contribution < -0.4 is 5.32 Å². The smallest absolute Gasteiger partial charge is 0.160 e. The third-order valence-corrected chi connectivity index (χ3v) is 4.11. The lowest BCUT2D eigenvalue weighted by Gasteiger charge is -2.34. The third-order valence-electron chi connectivity index (χ3n) is 3.03. The largest absolute Gasteiger partial charge is 0.378 e. The zero-order valence-electron chi connectivity index (χ0n) is 9.89. The summed E-state index contributed by atoms with van der Waals surface area (Å²) in [7, 11) is 0. The van der Waals surface area contributed by atoms with Crippen molar-refractivity contribution in [2.75, 3.05) is 31.6 Å². The molecule has 1 N–H and O–H groups in total. The number of morpholine rings is 1. The van der Waals surface area contributed by atoms with Gasteiger partial charge in [-0.2, -0.15) is 0 Å². The van der Waals surface area contributed by atoms with Gasteiger partial charge in [0, 0.05) is 18.0 Å². The standard InChI is InChI=1S/C13H14N2O2S/c16-9-12-13(15-5-7-17-8-6-15)14-10-3-1-2-4-11(10)18-12/h1-4,9,14H,5-8H2. The van der Waals surface area contributed by atoms with E-state index >= 15 is 0 Å². The second-order valence-corrected chi connectivity index (χ2v) is 5.24. The Morgan fingerprint density at radius 2 is 2.06 bits per heavy atom. The first-order valence-electron chi connectivity index (χ1n) is 5.94. The fourth-order valence-corrected chi connectivity index (χ4v) is 3.05. The number of thioether (sulfide) groups is 1. The average molecular weight is 262 g/mol. The highest BCUT2D eigenvalue weighted by molar-refractivity contribution is 8.04. The molecule has 2 aliphatic rings. The van der Waals surface area contributed by atoms with Gasteiger partial charge in [-0.25, -0.2) is 0 Å². The fourth-order valence-electron chi connectivity index (χ4n) is 2.12. The number of fused-ring (bicyclic) bond motifs is 1. The third kappa shape index (κ3) is 2.11. The number of ether oxygens (including phenoxy) is 1. The van der Waals surface area contributed by atoms with Crippen LogP contribution in [0.15, 0.2) is 39.9 Å². The van der Waals surface area contributed by atoms with Gasteiger partial charge in [-0.1, -0.05) is 23.9 Å². The van der Waals surface area contributed by atoms with E-state index in [-0.39, 0.29) is 0 Å². The van der Waals surface area contributed by atoms with Crippen LogP contribution in [0.25, 0.3) is 0 Å². The lowest BCUT2D eigenvalue weighted by atomic mass is 10.3. The van der Waals surface area contributed by atoms with Crippen molar-refractivity contribution in [3.05, 3.63) is 35.0 Å². The molecule has 1 aromatic carbocycles. The number of nitrogens with zero attached hydrogens (tertiary/aromatic N) is 1. The molecule has 0 saturated carbocycles. The number of hydrogen-bond donors (Lipinski definition) is 1. The van der Waals surface area contributed by atoms with Crippen molar-refractivity contribution < 1.29 is 9.53 Å². The first-order valence-corrected chi connectivity index (χ1v) is 6.76. The van der Waals surface area contributed by atoms with Crippen LogP contribution in [0.1, 0.15) is 0 Å². The molecular weight excluding hydrogens is 248 g/mol. The van der Waals surface area contributed by atoms with Gasteiger partial charge in [0.15, 0.2) is 6.29 Å². The van der Waals surface area contributed by atoms with Gasteiger partial charge >= 0.3 is 0 Å². The molecule has 18 heavy (non-hydrogen) atoms. The topological polar surface area (TPSA) is 41.6 Å². The number of benzene rings is 1. The lowest BCUT2D eigenvalue weighted by Crippen LogP contribution is -2.39. The second kappa shape index (κ2) is 5.04. The molecule has 0 radical (unpaired) electrons. The number of hydrogen-bond acceptors (Lipinski definition) is 5. The van der Waals surface area contributed by atoms with Crippen LogP contribution in [-0.4, -0.2) is 37.5 Å². The summed E-state index contributed by atoms with van der Waals surface area (Å²) in [6, 6.07) is 8.03. The van der Waals surface area contributed by atoms with Crippen LogP contribution in [0, 0.1) is 0 Å². The van der Waals surface area contributed by atoms with Gasteiger partial charge in [0.05, 0.1) is 23.8 Å². The molecule has 94 valence electrons. The maximum absolute atomic E-state index is 11.2. The highest BCUT2D eigenvalue weighted by Crippen LogP contribution is 2.39. The second-order valence-electron chi connectivity index (χ2n) is 4.15. The molecule has 2 heterocycles. The van der Waals surface area contributed by atoms with E-state index in [2.05, 4.69) is 10.2 Å². The summed E-state index contributed by atoms with van der Waals surface area (Å²) < 4.78 is 5.34. The van der Waals surface area contributed by atoms with Crippen molar-refractivity contribution >= 4 is 23.7 Å². The number of aldehydes is 1. The minimum absolute atomic E-state index is 0.712. The number of carbonyl (C=O) groups is 1. The van der Waals surface area contributed by atoms with Crippen molar-refractivity contribution in [1.82, 2.24) is 4.90 Å². The quantitative estimate of drug-likeness (QED) is 0.825. The van der Waals surface area contributed by atoms with Crippen LogP contribution in [0.3, 0.4) is 0 Å². The van der Waals surface area contributed by atoms with Crippen molar-refractivity contribution in [2.24, 2.45) is 0 Å². The minimum Gasteiger partial charge on any atom is -0.378 e. The number of allylic oxidation sites excluding steroid dienone is 1. The molecule has 0 aliphatic carbocycles. The number of rotatable bonds is 2. The molecule has 2 aliphatic heterocycles. The summed E-state index contributed by atoms with van der Waals surface area (Å²) in [6.45, 7) is 3.07. The van der Waals surface area contributed by atoms with E-state index in [4.69, 9.17) is 4.74 Å². The van der Waals surface area contributed by atoms with Crippen molar-refractivity contribution in [1.29, 1.82) is 0 Å². The maximum Gasteiger partial charge on any atom is 0.160 e. The molecule has 1 saturated heterocycles. The lowest BCUT2D eigenvalue weighted by molar-refractivity contribution is -0.104. The molecule has 0 amide bonds. The highest BCUT2D eigenvalue weighted by atomic mass is 32.2. The Bertz CT molecular complexity index is 496. The fraction of sp³-hybridized carbons (Fsp3) is 0.308. The summed E-state index contributed by atoms with van der Waals surface area (Å²) >= 11 is 1.53. The predicted octanol–water partition coefficient (Wildman–Crippen LogP) is 1.90. The van der Waals surface area contributed by atoms with Gasteiger partial charge < -0.3 is 15.0 Å². The molecule has 4 nitrogen and oxygen atoms in total. The van der Waals surface area contributed by atoms with Crippen LogP contribution in [0.4, 0.5) is 5.69 Å². The normalized spacial score (nSPS) is 19.2. The van der Waals surface area contributed by atoms with E-state index in [1.807, 2.05) is 24.3 Å². The summed E-state index contributed by atoms with van der Waals surface area (Å²) in [5.41, 5.74) is 1.06. The monoisotopic (exact) mass is 262 g/mol. The Morgan fingerprint density at radius 3 is 2.83 bits per heavy atom. The minimum atomic E-state index is 0.712. The number of nitrogens with one attached hydrogen (secondary N) is 1. The highest BCUT2D eigenvalue weighted by Gasteiger charge is 2.23. The van der Waals surface area contributed by atoms with Crippen LogP contribution in [0.2, 0.25) is 0 Å². The van der Waals surface area contributed by atoms with Gasteiger partial charge in [0.2, 0.25) is 0 Å². The molecule has 0 bridgehead atoms. The van der Waals surface area contributed by atoms with Crippen molar-refractivity contribution in [3.8, 4) is 0 Å². The molecule has 3 rings (SSSR count). The number of carbonyl (C=O) groups excluding carboxylic acids is 1. The Labute approximate surface area is 110 Å². The zero-order chi connectivity index (χ0) is 12.4. The van der Waals surface area contributed by atoms with Gasteiger partial charge in [0.25, 0.3) is 0 Å². The molecular formula is C13H14N2O2S. The first-order chi connectivity index (χ1) is 8.88. The molecule has 5 heteroatoms. The van der Waals surface area contributed by atoms with Crippen molar-refractivity contribution in [3.63, 3.8) is 0 Å². The van der Waals surface area contributed by atoms with Gasteiger partial charge in [0.1, 0.15) is 5.82 Å². The summed E-state index contributed by atoms with van der Waals surface area (Å²) in [5, 5.41) is 3.37. The van der Waals surface area contributed by atoms with Gasteiger partial charge in [-0.3, -0.25) is 4.79 Å². The molecule has 1 fully saturated rings. The Morgan fingerprint density at radius 1 is 1.28 bits per heavy atom. The summed E-state index contributed by atoms with van der Waals surface area (Å²) in [4.78, 5) is 15.3. The van der Waals surface area contributed by atoms with Gasteiger partial charge in [-0.05, 0) is 12.1 Å². The van der Waals surface area contributed by atoms with E-state index in [0.717, 1.165) is 40.7 Å². The Kier molecular flexibility index (Phi) is 3.25. The van der Waals surface area contributed by atoms with E-state index < -0.39 is 0 Å². The average Bonchev–Trinajstić information content (AvgIpc) is 2.46. The van der Waals surface area contributed by atoms with E-state index in [0.29, 0.717) is 13.2 Å². The molecule has 0 spiro atoms. The molecule has 0 atom stereocenters. The van der Waals surface area contributed by atoms with E-state index in [1.165, 1.54) is 11.8 Å². The summed E-state index contributed by atoms with van der Waals surface area (Å²) in [5.74, 6) is 0.914. The van der Waals surface area contributed by atoms with E-state index in [9.17, 15) is 4.79 Å². The van der Waals surface area contributed by atoms with Crippen LogP contribution in [0.5, 0.6) is 0 Å². The van der Waals surface area contributed by atoms with Crippen LogP contribution >= 0.6 is 11.8 Å². The number of para-hydroxylation sites is 1. The van der Waals surface area contributed by atoms with Crippen molar-refractivity contribution in [2.45, 2.75) is 4.90 Å². The Balaban J connectivity index is 1.91. The zero-order valence-corrected chi connectivity index (χ0v) is 10.7. The molecule has 0 aromatic heterocycles. The first kappa shape index (κ1) is 11.6.